The zero-order valence-corrected chi connectivity index (χ0v) is 19.7. The topological polar surface area (TPSA) is 99.2 Å². The molecule has 1 aliphatic rings. The fraction of sp³-hybridized carbons (Fsp3) is 0.308. The van der Waals surface area contributed by atoms with Crippen LogP contribution in [-0.2, 0) is 9.53 Å². The molecule has 0 spiro atoms. The molecule has 3 heterocycles. The largest absolute Gasteiger partial charge is 0.466 e. The number of aromatic nitrogens is 4. The van der Waals surface area contributed by atoms with Gasteiger partial charge < -0.3 is 15.4 Å². The average Bonchev–Trinajstić information content (AvgIpc) is 3.20. The summed E-state index contributed by atoms with van der Waals surface area (Å²) in [5, 5.41) is 5.26. The van der Waals surface area contributed by atoms with Crippen LogP contribution < -0.4 is 10.6 Å². The second-order valence-electron chi connectivity index (χ2n) is 8.75. The normalized spacial score (nSPS) is 16.0. The highest BCUT2D eigenvalue weighted by molar-refractivity contribution is 5.99. The number of halogens is 1. The van der Waals surface area contributed by atoms with Crippen molar-refractivity contribution in [1.82, 2.24) is 19.7 Å². The third-order valence-electron chi connectivity index (χ3n) is 6.23. The molecule has 1 saturated heterocycles. The Balaban J connectivity index is 1.65. The van der Waals surface area contributed by atoms with E-state index in [1.165, 1.54) is 12.1 Å². The molecule has 35 heavy (non-hydrogen) atoms. The maximum absolute atomic E-state index is 14.2. The zero-order chi connectivity index (χ0) is 24.5. The van der Waals surface area contributed by atoms with E-state index in [9.17, 15) is 9.18 Å². The van der Waals surface area contributed by atoms with Crippen LogP contribution in [0.1, 0.15) is 25.3 Å². The lowest BCUT2D eigenvalue weighted by Gasteiger charge is -2.31. The number of hydrogen-bond acceptors (Lipinski definition) is 7. The van der Waals surface area contributed by atoms with Crippen molar-refractivity contribution in [2.24, 2.45) is 5.92 Å². The number of nitrogen functional groups attached to an aromatic ring is 1. The van der Waals surface area contributed by atoms with Gasteiger partial charge in [0.25, 0.3) is 0 Å². The lowest BCUT2D eigenvalue weighted by Crippen LogP contribution is -2.40. The fourth-order valence-electron chi connectivity index (χ4n) is 4.55. The van der Waals surface area contributed by atoms with Gasteiger partial charge in [-0.1, -0.05) is 24.3 Å². The molecular weight excluding hydrogens is 447 g/mol. The van der Waals surface area contributed by atoms with Crippen LogP contribution in [0.25, 0.3) is 28.0 Å². The molecule has 8 nitrogen and oxygen atoms in total. The number of carbonyl (C=O) groups is 1. The maximum Gasteiger partial charge on any atom is 0.310 e. The van der Waals surface area contributed by atoms with E-state index >= 15 is 0 Å². The number of fused-ring (bicyclic) bond motifs is 1. The van der Waals surface area contributed by atoms with Gasteiger partial charge in [0.15, 0.2) is 5.65 Å². The van der Waals surface area contributed by atoms with Crippen LogP contribution in [0.5, 0.6) is 0 Å². The number of esters is 1. The van der Waals surface area contributed by atoms with Crippen LogP contribution in [0.3, 0.4) is 0 Å². The first-order valence-corrected chi connectivity index (χ1v) is 11.8. The predicted octanol–water partition coefficient (Wildman–Crippen LogP) is 4.29. The van der Waals surface area contributed by atoms with E-state index in [2.05, 4.69) is 0 Å². The van der Waals surface area contributed by atoms with Crippen LogP contribution in [0.15, 0.2) is 48.5 Å². The Morgan fingerprint density at radius 1 is 1.20 bits per heavy atom. The Morgan fingerprint density at radius 2 is 2.03 bits per heavy atom. The fourth-order valence-corrected chi connectivity index (χ4v) is 4.55. The van der Waals surface area contributed by atoms with Gasteiger partial charge in [0.05, 0.1) is 29.3 Å². The summed E-state index contributed by atoms with van der Waals surface area (Å²) in [6.45, 7) is 5.28. The van der Waals surface area contributed by atoms with Crippen molar-refractivity contribution in [3.05, 3.63) is 59.9 Å². The molecule has 9 heteroatoms. The summed E-state index contributed by atoms with van der Waals surface area (Å²) in [5.74, 6) is -0.0351. The predicted molar refractivity (Wildman–Crippen MR) is 133 cm³/mol. The van der Waals surface area contributed by atoms with E-state index in [1.807, 2.05) is 36.1 Å². The number of piperidine rings is 1. The quantitative estimate of drug-likeness (QED) is 0.431. The van der Waals surface area contributed by atoms with E-state index in [0.29, 0.717) is 53.8 Å². The Kier molecular flexibility index (Phi) is 6.07. The van der Waals surface area contributed by atoms with Gasteiger partial charge in [-0.25, -0.2) is 14.1 Å². The van der Waals surface area contributed by atoms with Crippen molar-refractivity contribution in [3.63, 3.8) is 0 Å². The Hall–Kier alpha value is -4.01. The number of nitrogens with two attached hydrogens (primary N) is 1. The molecule has 0 radical (unpaired) electrons. The second-order valence-corrected chi connectivity index (χ2v) is 8.75. The number of rotatable bonds is 5. The summed E-state index contributed by atoms with van der Waals surface area (Å²) >= 11 is 0. The molecule has 0 aliphatic carbocycles. The average molecular weight is 475 g/mol. The summed E-state index contributed by atoms with van der Waals surface area (Å²) in [6, 6.07) is 14.1. The number of ether oxygens (including phenoxy) is 1. The lowest BCUT2D eigenvalue weighted by atomic mass is 9.98. The van der Waals surface area contributed by atoms with Gasteiger partial charge in [0.1, 0.15) is 11.6 Å². The minimum absolute atomic E-state index is 0.211. The lowest BCUT2D eigenvalue weighted by molar-refractivity contribution is -0.148. The molecule has 1 unspecified atom stereocenters. The summed E-state index contributed by atoms with van der Waals surface area (Å²) in [6.07, 6.45) is 1.56. The molecule has 1 atom stereocenters. The highest BCUT2D eigenvalue weighted by atomic mass is 19.1. The molecule has 0 amide bonds. The Labute approximate surface area is 202 Å². The molecule has 2 aromatic carbocycles. The standard InChI is InChI=1S/C26H27FN6O2/c1-3-35-25(34)18-9-6-12-32(15-18)26-29-22(17-8-5-10-19(27)14-17)21-23(28)33(31-24(21)30-26)20-11-4-7-16(2)13-20/h4-5,7-8,10-11,13-14,18H,3,6,9,12,15,28H2,1-2H3. The van der Waals surface area contributed by atoms with E-state index in [0.717, 1.165) is 24.1 Å². The van der Waals surface area contributed by atoms with Gasteiger partial charge in [0.2, 0.25) is 5.95 Å². The van der Waals surface area contributed by atoms with Crippen molar-refractivity contribution in [2.75, 3.05) is 30.3 Å². The minimum atomic E-state index is -0.374. The van der Waals surface area contributed by atoms with Gasteiger partial charge in [0, 0.05) is 18.7 Å². The van der Waals surface area contributed by atoms with Crippen molar-refractivity contribution in [2.45, 2.75) is 26.7 Å². The number of anilines is 2. The number of aryl methyl sites for hydroxylation is 1. The van der Waals surface area contributed by atoms with Crippen LogP contribution in [0.4, 0.5) is 16.2 Å². The number of nitrogens with zero attached hydrogens (tertiary/aromatic N) is 5. The van der Waals surface area contributed by atoms with Crippen LogP contribution in [0.2, 0.25) is 0 Å². The highest BCUT2D eigenvalue weighted by Gasteiger charge is 2.29. The van der Waals surface area contributed by atoms with Crippen molar-refractivity contribution >= 4 is 28.8 Å². The number of hydrogen-bond donors (Lipinski definition) is 1. The molecule has 4 aromatic rings. The molecule has 5 rings (SSSR count). The summed E-state index contributed by atoms with van der Waals surface area (Å²) in [5.41, 5.74) is 9.92. The third-order valence-corrected chi connectivity index (χ3v) is 6.23. The monoisotopic (exact) mass is 474 g/mol. The SMILES string of the molecule is CCOC(=O)C1CCCN(c2nc(-c3cccc(F)c3)c3c(N)n(-c4cccc(C)c4)nc3n2)C1. The molecule has 180 valence electrons. The van der Waals surface area contributed by atoms with Gasteiger partial charge in [-0.05, 0) is 56.5 Å². The van der Waals surface area contributed by atoms with E-state index in [4.69, 9.17) is 25.5 Å². The van der Waals surface area contributed by atoms with Gasteiger partial charge in [-0.2, -0.15) is 4.98 Å². The van der Waals surface area contributed by atoms with Gasteiger partial charge in [-0.3, -0.25) is 4.79 Å². The molecule has 1 fully saturated rings. The first-order valence-electron chi connectivity index (χ1n) is 11.8. The zero-order valence-electron chi connectivity index (χ0n) is 19.7. The molecule has 0 bridgehead atoms. The molecule has 1 aliphatic heterocycles. The summed E-state index contributed by atoms with van der Waals surface area (Å²) in [7, 11) is 0. The van der Waals surface area contributed by atoms with Crippen LogP contribution in [0, 0.1) is 18.7 Å². The Bertz CT molecular complexity index is 1400. The van der Waals surface area contributed by atoms with Crippen LogP contribution in [-0.4, -0.2) is 45.4 Å². The maximum atomic E-state index is 14.2. The third kappa shape index (κ3) is 4.41. The first kappa shape index (κ1) is 22.8. The van der Waals surface area contributed by atoms with E-state index < -0.39 is 0 Å². The smallest absolute Gasteiger partial charge is 0.310 e. The number of benzene rings is 2. The second kappa shape index (κ2) is 9.32. The molecular formula is C26H27FN6O2. The number of carbonyl (C=O) groups excluding carboxylic acids is 1. The molecule has 2 N–H and O–H groups in total. The first-order chi connectivity index (χ1) is 16.9. The molecule has 0 saturated carbocycles. The highest BCUT2D eigenvalue weighted by Crippen LogP contribution is 2.34. The summed E-state index contributed by atoms with van der Waals surface area (Å²) in [4.78, 5) is 23.9. The van der Waals surface area contributed by atoms with Gasteiger partial charge in [-0.15, -0.1) is 5.10 Å². The Morgan fingerprint density at radius 3 is 2.80 bits per heavy atom. The van der Waals surface area contributed by atoms with Gasteiger partial charge >= 0.3 is 5.97 Å². The van der Waals surface area contributed by atoms with Crippen molar-refractivity contribution in [1.29, 1.82) is 0 Å². The van der Waals surface area contributed by atoms with Crippen molar-refractivity contribution < 1.29 is 13.9 Å². The minimum Gasteiger partial charge on any atom is -0.466 e. The summed E-state index contributed by atoms with van der Waals surface area (Å²) < 4.78 is 21.1. The van der Waals surface area contributed by atoms with E-state index in [-0.39, 0.29) is 17.7 Å². The van der Waals surface area contributed by atoms with Crippen LogP contribution >= 0.6 is 0 Å². The molecule has 2 aromatic heterocycles. The van der Waals surface area contributed by atoms with Crippen molar-refractivity contribution in [3.8, 4) is 16.9 Å². The van der Waals surface area contributed by atoms with E-state index in [1.54, 1.807) is 23.7 Å².